The lowest BCUT2D eigenvalue weighted by Crippen LogP contribution is -2.52. The highest BCUT2D eigenvalue weighted by Crippen LogP contribution is 2.34. The fourth-order valence-corrected chi connectivity index (χ4v) is 3.77. The first kappa shape index (κ1) is 19.7. The van der Waals surface area contributed by atoms with Gasteiger partial charge in [0.25, 0.3) is 5.91 Å². The van der Waals surface area contributed by atoms with E-state index in [-0.39, 0.29) is 30.8 Å². The molecule has 0 saturated carbocycles. The number of ether oxygens (including phenoxy) is 1. The van der Waals surface area contributed by atoms with E-state index in [1.54, 1.807) is 35.2 Å². The number of hydrogen-bond donors (Lipinski definition) is 0. The second-order valence-corrected chi connectivity index (χ2v) is 7.57. The van der Waals surface area contributed by atoms with E-state index in [9.17, 15) is 14.0 Å². The monoisotopic (exact) mass is 417 g/mol. The summed E-state index contributed by atoms with van der Waals surface area (Å²) in [5.41, 5.74) is 1.17. The minimum Gasteiger partial charge on any atom is -0.482 e. The standard InChI is InChI=1S/C21H21ClFN3O3/c22-16-5-6-19-18(11-16)26(21(28)14-29-19)13-20(27)25-9-7-24(8-10-25)12-15-3-1-2-4-17(15)23/h1-6,11H,7-10,12-14H2. The van der Waals surface area contributed by atoms with E-state index in [1.165, 1.54) is 11.0 Å². The third-order valence-corrected chi connectivity index (χ3v) is 5.47. The normalized spacial score (nSPS) is 17.1. The van der Waals surface area contributed by atoms with Crippen LogP contribution < -0.4 is 9.64 Å². The lowest BCUT2D eigenvalue weighted by Gasteiger charge is -2.36. The van der Waals surface area contributed by atoms with Crippen LogP contribution in [0.2, 0.25) is 5.02 Å². The molecule has 0 spiro atoms. The molecule has 0 aliphatic carbocycles. The fraction of sp³-hybridized carbons (Fsp3) is 0.333. The Hall–Kier alpha value is -2.64. The molecule has 2 aromatic rings. The zero-order valence-corrected chi connectivity index (χ0v) is 16.6. The highest BCUT2D eigenvalue weighted by atomic mass is 35.5. The Bertz CT molecular complexity index is 931. The van der Waals surface area contributed by atoms with Crippen molar-refractivity contribution in [3.63, 3.8) is 0 Å². The molecule has 2 heterocycles. The van der Waals surface area contributed by atoms with Gasteiger partial charge < -0.3 is 9.64 Å². The zero-order valence-electron chi connectivity index (χ0n) is 15.8. The molecule has 0 unspecified atom stereocenters. The van der Waals surface area contributed by atoms with Gasteiger partial charge in [-0.2, -0.15) is 0 Å². The Balaban J connectivity index is 1.36. The van der Waals surface area contributed by atoms with Crippen LogP contribution in [0.3, 0.4) is 0 Å². The first-order valence-electron chi connectivity index (χ1n) is 9.47. The van der Waals surface area contributed by atoms with Gasteiger partial charge in [-0.3, -0.25) is 19.4 Å². The Labute approximate surface area is 173 Å². The van der Waals surface area contributed by atoms with Crippen LogP contribution in [0.15, 0.2) is 42.5 Å². The van der Waals surface area contributed by atoms with Gasteiger partial charge in [0.15, 0.2) is 6.61 Å². The summed E-state index contributed by atoms with van der Waals surface area (Å²) in [5.74, 6) is -0.0753. The number of amides is 2. The molecule has 1 saturated heterocycles. The number of carbonyl (C=O) groups excluding carboxylic acids is 2. The van der Waals surface area contributed by atoms with Crippen LogP contribution in [-0.2, 0) is 16.1 Å². The first-order valence-corrected chi connectivity index (χ1v) is 9.85. The third-order valence-electron chi connectivity index (χ3n) is 5.23. The average Bonchev–Trinajstić information content (AvgIpc) is 2.72. The number of anilines is 1. The number of fused-ring (bicyclic) bond motifs is 1. The number of halogens is 2. The maximum absolute atomic E-state index is 13.8. The molecule has 0 radical (unpaired) electrons. The molecule has 2 aliphatic heterocycles. The van der Waals surface area contributed by atoms with Crippen LogP contribution in [0.25, 0.3) is 0 Å². The van der Waals surface area contributed by atoms with Gasteiger partial charge in [0.2, 0.25) is 5.91 Å². The third kappa shape index (κ3) is 4.36. The Morgan fingerprint density at radius 2 is 1.86 bits per heavy atom. The minimum absolute atomic E-state index is 0.0527. The number of rotatable bonds is 4. The van der Waals surface area contributed by atoms with E-state index in [0.29, 0.717) is 54.7 Å². The summed E-state index contributed by atoms with van der Waals surface area (Å²) in [6, 6.07) is 11.7. The van der Waals surface area contributed by atoms with E-state index >= 15 is 0 Å². The van der Waals surface area contributed by atoms with Crippen molar-refractivity contribution < 1.29 is 18.7 Å². The van der Waals surface area contributed by atoms with Gasteiger partial charge in [-0.15, -0.1) is 0 Å². The molecule has 0 atom stereocenters. The van der Waals surface area contributed by atoms with Crippen molar-refractivity contribution in [1.29, 1.82) is 0 Å². The van der Waals surface area contributed by atoms with Crippen molar-refractivity contribution in [2.75, 3.05) is 44.2 Å². The minimum atomic E-state index is -0.272. The lowest BCUT2D eigenvalue weighted by molar-refractivity contribution is -0.133. The van der Waals surface area contributed by atoms with Crippen molar-refractivity contribution in [3.8, 4) is 5.75 Å². The molecule has 152 valence electrons. The number of carbonyl (C=O) groups is 2. The van der Waals surface area contributed by atoms with Gasteiger partial charge in [0.1, 0.15) is 18.1 Å². The summed E-state index contributed by atoms with van der Waals surface area (Å²) in [4.78, 5) is 30.4. The largest absolute Gasteiger partial charge is 0.482 e. The van der Waals surface area contributed by atoms with E-state index in [2.05, 4.69) is 4.90 Å². The molecule has 1 fully saturated rings. The van der Waals surface area contributed by atoms with Gasteiger partial charge >= 0.3 is 0 Å². The number of nitrogens with zero attached hydrogens (tertiary/aromatic N) is 3. The summed E-state index contributed by atoms with van der Waals surface area (Å²) < 4.78 is 19.3. The van der Waals surface area contributed by atoms with E-state index < -0.39 is 0 Å². The lowest BCUT2D eigenvalue weighted by atomic mass is 10.2. The highest BCUT2D eigenvalue weighted by Gasteiger charge is 2.30. The summed E-state index contributed by atoms with van der Waals surface area (Å²) in [6.07, 6.45) is 0. The predicted octanol–water partition coefficient (Wildman–Crippen LogP) is 2.55. The molecule has 2 amide bonds. The van der Waals surface area contributed by atoms with Crippen molar-refractivity contribution in [2.45, 2.75) is 6.54 Å². The molecule has 0 bridgehead atoms. The summed E-state index contributed by atoms with van der Waals surface area (Å²) >= 11 is 6.05. The second kappa shape index (κ2) is 8.39. The molecule has 0 N–H and O–H groups in total. The van der Waals surface area contributed by atoms with Crippen LogP contribution >= 0.6 is 11.6 Å². The van der Waals surface area contributed by atoms with Crippen LogP contribution in [-0.4, -0.2) is 60.9 Å². The Kier molecular flexibility index (Phi) is 5.69. The number of hydrogen-bond acceptors (Lipinski definition) is 4. The van der Waals surface area contributed by atoms with Gasteiger partial charge in [-0.25, -0.2) is 4.39 Å². The van der Waals surface area contributed by atoms with Crippen LogP contribution in [0.5, 0.6) is 5.75 Å². The molecular weight excluding hydrogens is 397 g/mol. The van der Waals surface area contributed by atoms with Crippen molar-refractivity contribution in [1.82, 2.24) is 9.80 Å². The van der Waals surface area contributed by atoms with Crippen molar-refractivity contribution in [3.05, 3.63) is 58.9 Å². The van der Waals surface area contributed by atoms with E-state index in [4.69, 9.17) is 16.3 Å². The van der Waals surface area contributed by atoms with Gasteiger partial charge in [-0.05, 0) is 24.3 Å². The Morgan fingerprint density at radius 1 is 1.10 bits per heavy atom. The molecule has 2 aliphatic rings. The number of benzene rings is 2. The molecule has 29 heavy (non-hydrogen) atoms. The Morgan fingerprint density at radius 3 is 2.62 bits per heavy atom. The van der Waals surface area contributed by atoms with Crippen LogP contribution in [0, 0.1) is 5.82 Å². The maximum atomic E-state index is 13.8. The smallest absolute Gasteiger partial charge is 0.265 e. The maximum Gasteiger partial charge on any atom is 0.265 e. The van der Waals surface area contributed by atoms with Gasteiger partial charge in [0, 0.05) is 43.3 Å². The summed E-state index contributed by atoms with van der Waals surface area (Å²) in [6.45, 7) is 2.74. The van der Waals surface area contributed by atoms with Crippen molar-refractivity contribution in [2.24, 2.45) is 0 Å². The summed E-state index contributed by atoms with van der Waals surface area (Å²) in [5, 5.41) is 0.473. The molecule has 4 rings (SSSR count). The van der Waals surface area contributed by atoms with E-state index in [0.717, 1.165) is 0 Å². The SMILES string of the molecule is O=C(CN1C(=O)COc2ccc(Cl)cc21)N1CCN(Cc2ccccc2F)CC1. The van der Waals surface area contributed by atoms with Crippen LogP contribution in [0.1, 0.15) is 5.56 Å². The van der Waals surface area contributed by atoms with Gasteiger partial charge in [0.05, 0.1) is 5.69 Å². The zero-order chi connectivity index (χ0) is 20.4. The molecule has 8 heteroatoms. The molecule has 6 nitrogen and oxygen atoms in total. The van der Waals surface area contributed by atoms with Crippen LogP contribution in [0.4, 0.5) is 10.1 Å². The first-order chi connectivity index (χ1) is 14.0. The second-order valence-electron chi connectivity index (χ2n) is 7.13. The quantitative estimate of drug-likeness (QED) is 0.767. The average molecular weight is 418 g/mol. The highest BCUT2D eigenvalue weighted by molar-refractivity contribution is 6.31. The molecule has 2 aromatic carbocycles. The van der Waals surface area contributed by atoms with Crippen molar-refractivity contribution >= 4 is 29.1 Å². The summed E-state index contributed by atoms with van der Waals surface area (Å²) in [7, 11) is 0. The fourth-order valence-electron chi connectivity index (χ4n) is 3.61. The molecular formula is C21H21ClFN3O3. The number of piperazine rings is 1. The predicted molar refractivity (Wildman–Crippen MR) is 108 cm³/mol. The molecule has 0 aromatic heterocycles. The van der Waals surface area contributed by atoms with Gasteiger partial charge in [-0.1, -0.05) is 29.8 Å². The van der Waals surface area contributed by atoms with E-state index in [1.807, 2.05) is 6.07 Å². The topological polar surface area (TPSA) is 53.1 Å².